The third-order valence-electron chi connectivity index (χ3n) is 3.65. The maximum Gasteiger partial charge on any atom is 0.287 e. The third kappa shape index (κ3) is 3.47. The summed E-state index contributed by atoms with van der Waals surface area (Å²) in [7, 11) is 0.434. The van der Waals surface area contributed by atoms with Crippen LogP contribution in [0.25, 0.3) is 9.88 Å². The summed E-state index contributed by atoms with van der Waals surface area (Å²) in [5, 5.41) is 7.67. The Balaban J connectivity index is 1.85. The highest BCUT2D eigenvalue weighted by Gasteiger charge is 2.37. The zero-order valence-electron chi connectivity index (χ0n) is 12.8. The quantitative estimate of drug-likeness (QED) is 0.769. The number of amides is 1. The van der Waals surface area contributed by atoms with Gasteiger partial charge in [0.1, 0.15) is 10.7 Å². The van der Waals surface area contributed by atoms with Crippen LogP contribution >= 0.6 is 22.7 Å². The maximum absolute atomic E-state index is 12.8. The minimum absolute atomic E-state index is 0.0127. The molecule has 6 nitrogen and oxygen atoms in total. The second-order valence-electron chi connectivity index (χ2n) is 5.57. The van der Waals surface area contributed by atoms with Crippen LogP contribution in [0.1, 0.15) is 16.9 Å². The summed E-state index contributed by atoms with van der Waals surface area (Å²) in [5.41, 5.74) is 0.358. The molecule has 3 heterocycles. The first-order valence-electron chi connectivity index (χ1n) is 7.08. The molecular formula is C14H17N3O3S3. The number of carbonyl (C=O) groups is 1. The molecule has 3 rings (SSSR count). The second kappa shape index (κ2) is 6.31. The fourth-order valence-electron chi connectivity index (χ4n) is 2.65. The Hall–Kier alpha value is -1.29. The standard InChI is InChI=1S/C14H17N3O3S3/c1-16(2)17(10-5-7-23(19,20)9-10)14(18)11-8-22-13(15-11)12-4-3-6-21-12/h3-4,6,8,10H,5,7,9H2,1-2H3/t10-/m0/s1. The molecular weight excluding hydrogens is 354 g/mol. The summed E-state index contributed by atoms with van der Waals surface area (Å²) in [4.78, 5) is 18.3. The Kier molecular flexibility index (Phi) is 4.54. The molecule has 0 N–H and O–H groups in total. The van der Waals surface area contributed by atoms with Crippen molar-refractivity contribution in [2.24, 2.45) is 0 Å². The van der Waals surface area contributed by atoms with Crippen LogP contribution in [0.4, 0.5) is 0 Å². The van der Waals surface area contributed by atoms with E-state index in [1.165, 1.54) is 16.3 Å². The fraction of sp³-hybridized carbons (Fsp3) is 0.429. The van der Waals surface area contributed by atoms with Crippen molar-refractivity contribution < 1.29 is 13.2 Å². The molecule has 23 heavy (non-hydrogen) atoms. The highest BCUT2D eigenvalue weighted by Crippen LogP contribution is 2.29. The Morgan fingerprint density at radius 1 is 1.35 bits per heavy atom. The molecule has 0 aliphatic carbocycles. The topological polar surface area (TPSA) is 70.6 Å². The van der Waals surface area contributed by atoms with Crippen LogP contribution in [-0.2, 0) is 9.84 Å². The van der Waals surface area contributed by atoms with E-state index in [1.807, 2.05) is 17.5 Å². The molecule has 0 saturated carbocycles. The smallest absolute Gasteiger partial charge is 0.266 e. The molecule has 1 fully saturated rings. The number of rotatable bonds is 4. The number of thiophene rings is 1. The van der Waals surface area contributed by atoms with Crippen LogP contribution in [-0.4, -0.2) is 61.0 Å². The average Bonchev–Trinajstić information content (AvgIpc) is 3.17. The lowest BCUT2D eigenvalue weighted by Gasteiger charge is -2.33. The van der Waals surface area contributed by atoms with E-state index in [0.29, 0.717) is 12.1 Å². The first-order chi connectivity index (χ1) is 10.9. The number of hydrazine groups is 1. The monoisotopic (exact) mass is 371 g/mol. The van der Waals surface area contributed by atoms with Gasteiger partial charge in [-0.05, 0) is 17.9 Å². The van der Waals surface area contributed by atoms with Gasteiger partial charge in [-0.3, -0.25) is 9.80 Å². The Morgan fingerprint density at radius 3 is 2.70 bits per heavy atom. The first kappa shape index (κ1) is 16.6. The zero-order chi connectivity index (χ0) is 16.6. The molecule has 1 aliphatic heterocycles. The Morgan fingerprint density at radius 2 is 2.13 bits per heavy atom. The van der Waals surface area contributed by atoms with Crippen molar-refractivity contribution in [2.75, 3.05) is 25.6 Å². The van der Waals surface area contributed by atoms with Crippen molar-refractivity contribution in [3.05, 3.63) is 28.6 Å². The lowest BCUT2D eigenvalue weighted by atomic mass is 10.2. The van der Waals surface area contributed by atoms with Crippen LogP contribution in [0.15, 0.2) is 22.9 Å². The average molecular weight is 372 g/mol. The largest absolute Gasteiger partial charge is 0.287 e. The third-order valence-corrected chi connectivity index (χ3v) is 7.28. The molecule has 1 saturated heterocycles. The van der Waals surface area contributed by atoms with Crippen LogP contribution < -0.4 is 0 Å². The number of sulfone groups is 1. The van der Waals surface area contributed by atoms with Crippen molar-refractivity contribution >= 4 is 38.4 Å². The van der Waals surface area contributed by atoms with E-state index in [9.17, 15) is 13.2 Å². The van der Waals surface area contributed by atoms with Gasteiger partial charge in [0.25, 0.3) is 5.91 Å². The predicted octanol–water partition coefficient (Wildman–Crippen LogP) is 1.98. The van der Waals surface area contributed by atoms with Gasteiger partial charge in [-0.1, -0.05) is 6.07 Å². The number of carbonyl (C=O) groups excluding carboxylic acids is 1. The summed E-state index contributed by atoms with van der Waals surface area (Å²) in [5.74, 6) is -0.109. The maximum atomic E-state index is 12.8. The zero-order valence-corrected chi connectivity index (χ0v) is 15.2. The van der Waals surface area contributed by atoms with Gasteiger partial charge < -0.3 is 0 Å². The second-order valence-corrected chi connectivity index (χ2v) is 9.60. The van der Waals surface area contributed by atoms with Crippen LogP contribution in [0.2, 0.25) is 0 Å². The van der Waals surface area contributed by atoms with Gasteiger partial charge in [0.05, 0.1) is 22.4 Å². The van der Waals surface area contributed by atoms with Crippen molar-refractivity contribution in [2.45, 2.75) is 12.5 Å². The summed E-state index contributed by atoms with van der Waals surface area (Å²) in [6.45, 7) is 0. The molecule has 124 valence electrons. The molecule has 0 radical (unpaired) electrons. The first-order valence-corrected chi connectivity index (χ1v) is 10.7. The van der Waals surface area contributed by atoms with Crippen molar-refractivity contribution in [3.63, 3.8) is 0 Å². The number of hydrogen-bond acceptors (Lipinski definition) is 7. The summed E-state index contributed by atoms with van der Waals surface area (Å²) < 4.78 is 23.4. The van der Waals surface area contributed by atoms with Gasteiger partial charge in [-0.2, -0.15) is 0 Å². The van der Waals surface area contributed by atoms with Crippen LogP contribution in [0.5, 0.6) is 0 Å². The van der Waals surface area contributed by atoms with E-state index in [0.717, 1.165) is 9.88 Å². The molecule has 0 aromatic carbocycles. The van der Waals surface area contributed by atoms with Gasteiger partial charge in [0.2, 0.25) is 0 Å². The lowest BCUT2D eigenvalue weighted by Crippen LogP contribution is -2.49. The molecule has 2 aromatic heterocycles. The Bertz CT molecular complexity index is 796. The molecule has 0 spiro atoms. The number of aromatic nitrogens is 1. The minimum Gasteiger partial charge on any atom is -0.266 e. The fourth-order valence-corrected chi connectivity index (χ4v) is 5.95. The van der Waals surface area contributed by atoms with Gasteiger partial charge in [-0.15, -0.1) is 22.7 Å². The molecule has 0 bridgehead atoms. The number of nitrogens with zero attached hydrogens (tertiary/aromatic N) is 3. The molecule has 0 unspecified atom stereocenters. The van der Waals surface area contributed by atoms with Gasteiger partial charge in [-0.25, -0.2) is 18.4 Å². The van der Waals surface area contributed by atoms with Gasteiger partial charge in [0, 0.05) is 19.5 Å². The minimum atomic E-state index is -3.06. The van der Waals surface area contributed by atoms with E-state index in [1.54, 1.807) is 35.8 Å². The number of hydrogen-bond donors (Lipinski definition) is 0. The SMILES string of the molecule is CN(C)N(C(=O)c1csc(-c2cccs2)n1)[C@H]1CCS(=O)(=O)C1. The van der Waals surface area contributed by atoms with E-state index in [2.05, 4.69) is 4.98 Å². The van der Waals surface area contributed by atoms with Crippen molar-refractivity contribution in [3.8, 4) is 9.88 Å². The van der Waals surface area contributed by atoms with E-state index in [4.69, 9.17) is 0 Å². The van der Waals surface area contributed by atoms with E-state index >= 15 is 0 Å². The van der Waals surface area contributed by atoms with E-state index in [-0.39, 0.29) is 23.5 Å². The van der Waals surface area contributed by atoms with Gasteiger partial charge in [0.15, 0.2) is 9.84 Å². The van der Waals surface area contributed by atoms with Crippen LogP contribution in [0.3, 0.4) is 0 Å². The summed E-state index contributed by atoms with van der Waals surface area (Å²) >= 11 is 3.00. The lowest BCUT2D eigenvalue weighted by molar-refractivity contribution is 0.000550. The predicted molar refractivity (Wildman–Crippen MR) is 92.3 cm³/mol. The highest BCUT2D eigenvalue weighted by atomic mass is 32.2. The number of thiazole rings is 1. The molecule has 2 aromatic rings. The molecule has 1 amide bonds. The van der Waals surface area contributed by atoms with Crippen LogP contribution in [0, 0.1) is 0 Å². The summed E-state index contributed by atoms with van der Waals surface area (Å²) in [6.07, 6.45) is 0.466. The van der Waals surface area contributed by atoms with Crippen molar-refractivity contribution in [1.82, 2.24) is 15.0 Å². The highest BCUT2D eigenvalue weighted by molar-refractivity contribution is 7.91. The molecule has 9 heteroatoms. The van der Waals surface area contributed by atoms with Crippen molar-refractivity contribution in [1.29, 1.82) is 0 Å². The van der Waals surface area contributed by atoms with E-state index < -0.39 is 9.84 Å². The normalized spacial score (nSPS) is 20.0. The molecule has 1 atom stereocenters. The Labute approximate surface area is 143 Å². The summed E-state index contributed by atoms with van der Waals surface area (Å²) in [6, 6.07) is 3.58. The van der Waals surface area contributed by atoms with Gasteiger partial charge >= 0.3 is 0 Å². The molecule has 1 aliphatic rings.